The number of likely N-dealkylation sites (N-methyl/N-ethyl adjacent to an activating group) is 1. The smallest absolute Gasteiger partial charge is 0.234 e. The van der Waals surface area contributed by atoms with Gasteiger partial charge in [-0.05, 0) is 13.5 Å². The van der Waals surface area contributed by atoms with Gasteiger partial charge in [-0.2, -0.15) is 0 Å². The van der Waals surface area contributed by atoms with Gasteiger partial charge in [0.25, 0.3) is 0 Å². The quantitative estimate of drug-likeness (QED) is 0.447. The second-order valence-corrected chi connectivity index (χ2v) is 2.25. The predicted molar refractivity (Wildman–Crippen MR) is 40.5 cm³/mol. The van der Waals surface area contributed by atoms with E-state index in [0.717, 1.165) is 0 Å². The highest BCUT2D eigenvalue weighted by Crippen LogP contribution is 1.94. The summed E-state index contributed by atoms with van der Waals surface area (Å²) in [5.74, 6) is -0.889. The number of carbonyl (C=O) groups is 2. The van der Waals surface area contributed by atoms with Crippen LogP contribution < -0.4 is 16.8 Å². The highest BCUT2D eigenvalue weighted by Gasteiger charge is 2.12. The summed E-state index contributed by atoms with van der Waals surface area (Å²) in [6.45, 7) is 0. The van der Waals surface area contributed by atoms with Crippen molar-refractivity contribution in [2.45, 2.75) is 18.9 Å². The van der Waals surface area contributed by atoms with Crippen molar-refractivity contribution >= 4 is 11.8 Å². The Bertz CT molecular complexity index is 158. The molecule has 64 valence electrons. The van der Waals surface area contributed by atoms with Crippen molar-refractivity contribution in [1.29, 1.82) is 0 Å². The third kappa shape index (κ3) is 4.32. The summed E-state index contributed by atoms with van der Waals surface area (Å²) in [7, 11) is 1.61. The number of hydrogen-bond donors (Lipinski definition) is 3. The molecule has 0 bridgehead atoms. The third-order valence-electron chi connectivity index (χ3n) is 1.37. The average Bonchev–Trinajstić information content (AvgIpc) is 1.87. The van der Waals surface area contributed by atoms with Crippen LogP contribution in [0.4, 0.5) is 0 Å². The number of primary amides is 2. The molecular formula is C6H13N3O2. The van der Waals surface area contributed by atoms with Crippen molar-refractivity contribution in [2.75, 3.05) is 7.05 Å². The number of amides is 2. The summed E-state index contributed by atoms with van der Waals surface area (Å²) >= 11 is 0. The van der Waals surface area contributed by atoms with E-state index in [4.69, 9.17) is 11.5 Å². The third-order valence-corrected chi connectivity index (χ3v) is 1.37. The van der Waals surface area contributed by atoms with Crippen LogP contribution in [0.1, 0.15) is 12.8 Å². The minimum absolute atomic E-state index is 0.175. The van der Waals surface area contributed by atoms with Gasteiger partial charge in [0, 0.05) is 6.42 Å². The summed E-state index contributed by atoms with van der Waals surface area (Å²) in [6.07, 6.45) is 0.537. The number of carbonyl (C=O) groups excluding carboxylic acids is 2. The van der Waals surface area contributed by atoms with E-state index in [1.54, 1.807) is 7.05 Å². The molecule has 0 unspecified atom stereocenters. The fourth-order valence-electron chi connectivity index (χ4n) is 0.715. The van der Waals surface area contributed by atoms with Gasteiger partial charge < -0.3 is 16.8 Å². The zero-order valence-electron chi connectivity index (χ0n) is 6.46. The molecule has 5 N–H and O–H groups in total. The Morgan fingerprint density at radius 3 is 2.27 bits per heavy atom. The summed E-state index contributed by atoms with van der Waals surface area (Å²) in [5.41, 5.74) is 9.86. The Morgan fingerprint density at radius 1 is 1.45 bits per heavy atom. The van der Waals surface area contributed by atoms with E-state index in [-0.39, 0.29) is 6.42 Å². The first kappa shape index (κ1) is 9.90. The first-order chi connectivity index (χ1) is 5.07. The van der Waals surface area contributed by atoms with E-state index in [1.807, 2.05) is 0 Å². The monoisotopic (exact) mass is 159 g/mol. The Balaban J connectivity index is 3.70. The minimum Gasteiger partial charge on any atom is -0.370 e. The molecule has 0 spiro atoms. The van der Waals surface area contributed by atoms with Crippen molar-refractivity contribution in [3.63, 3.8) is 0 Å². The molecule has 5 heteroatoms. The Kier molecular flexibility index (Phi) is 4.21. The van der Waals surface area contributed by atoms with E-state index in [2.05, 4.69) is 5.32 Å². The molecule has 0 rings (SSSR count). The van der Waals surface area contributed by atoms with Gasteiger partial charge in [0.05, 0.1) is 6.04 Å². The Hall–Kier alpha value is -1.10. The summed E-state index contributed by atoms with van der Waals surface area (Å²) in [5, 5.41) is 2.67. The molecule has 0 aliphatic carbocycles. The molecule has 2 amide bonds. The van der Waals surface area contributed by atoms with Crippen molar-refractivity contribution in [3.05, 3.63) is 0 Å². The molecule has 0 saturated heterocycles. The predicted octanol–water partition coefficient (Wildman–Crippen LogP) is -1.67. The molecule has 0 aromatic carbocycles. The first-order valence-electron chi connectivity index (χ1n) is 3.32. The molecule has 5 nitrogen and oxygen atoms in total. The molecular weight excluding hydrogens is 146 g/mol. The molecule has 0 aromatic heterocycles. The van der Waals surface area contributed by atoms with Gasteiger partial charge >= 0.3 is 0 Å². The molecule has 0 heterocycles. The number of hydrogen-bond acceptors (Lipinski definition) is 3. The lowest BCUT2D eigenvalue weighted by Crippen LogP contribution is -2.39. The van der Waals surface area contributed by atoms with Crippen LogP contribution >= 0.6 is 0 Å². The number of nitrogens with two attached hydrogens (primary N) is 2. The summed E-state index contributed by atoms with van der Waals surface area (Å²) in [4.78, 5) is 20.8. The standard InChI is InChI=1S/C6H13N3O2/c1-9-4(6(8)11)2-3-5(7)10/h4,9H,2-3H2,1H3,(H2,7,10)(H2,8,11)/t4-/m1/s1. The summed E-state index contributed by atoms with van der Waals surface area (Å²) in [6, 6.07) is -0.456. The van der Waals surface area contributed by atoms with Gasteiger partial charge in [0.2, 0.25) is 11.8 Å². The summed E-state index contributed by atoms with van der Waals surface area (Å²) < 4.78 is 0. The number of rotatable bonds is 5. The van der Waals surface area contributed by atoms with Crippen molar-refractivity contribution in [1.82, 2.24) is 5.32 Å². The van der Waals surface area contributed by atoms with Crippen molar-refractivity contribution < 1.29 is 9.59 Å². The van der Waals surface area contributed by atoms with E-state index in [9.17, 15) is 9.59 Å². The van der Waals surface area contributed by atoms with Crippen LogP contribution in [0, 0.1) is 0 Å². The maximum atomic E-state index is 10.6. The average molecular weight is 159 g/mol. The zero-order chi connectivity index (χ0) is 8.85. The zero-order valence-corrected chi connectivity index (χ0v) is 6.46. The molecule has 0 saturated carbocycles. The molecule has 0 fully saturated rings. The molecule has 0 aliphatic rings. The van der Waals surface area contributed by atoms with Gasteiger partial charge in [0.15, 0.2) is 0 Å². The Labute approximate surface area is 65.1 Å². The first-order valence-corrected chi connectivity index (χ1v) is 3.32. The van der Waals surface area contributed by atoms with Crippen molar-refractivity contribution in [3.8, 4) is 0 Å². The minimum atomic E-state index is -0.464. The normalized spacial score (nSPS) is 12.5. The lowest BCUT2D eigenvalue weighted by Gasteiger charge is -2.09. The molecule has 0 radical (unpaired) electrons. The number of nitrogens with one attached hydrogen (secondary N) is 1. The van der Waals surface area contributed by atoms with Gasteiger partial charge in [-0.3, -0.25) is 9.59 Å². The van der Waals surface area contributed by atoms with Gasteiger partial charge in [0.1, 0.15) is 0 Å². The largest absolute Gasteiger partial charge is 0.370 e. The molecule has 1 atom stereocenters. The van der Waals surface area contributed by atoms with E-state index in [0.29, 0.717) is 6.42 Å². The van der Waals surface area contributed by atoms with Crippen LogP contribution in [0.5, 0.6) is 0 Å². The van der Waals surface area contributed by atoms with Crippen LogP contribution in [0.25, 0.3) is 0 Å². The van der Waals surface area contributed by atoms with E-state index < -0.39 is 17.9 Å². The molecule has 0 aromatic rings. The second kappa shape index (κ2) is 4.68. The lowest BCUT2D eigenvalue weighted by molar-refractivity contribution is -0.120. The highest BCUT2D eigenvalue weighted by atomic mass is 16.1. The SMILES string of the molecule is CN[C@H](CCC(N)=O)C(N)=O. The molecule has 11 heavy (non-hydrogen) atoms. The van der Waals surface area contributed by atoms with E-state index in [1.165, 1.54) is 0 Å². The van der Waals surface area contributed by atoms with Crippen LogP contribution in [0.2, 0.25) is 0 Å². The maximum Gasteiger partial charge on any atom is 0.234 e. The van der Waals surface area contributed by atoms with Crippen molar-refractivity contribution in [2.24, 2.45) is 11.5 Å². The lowest BCUT2D eigenvalue weighted by atomic mass is 10.1. The fourth-order valence-corrected chi connectivity index (χ4v) is 0.715. The highest BCUT2D eigenvalue weighted by molar-refractivity contribution is 5.81. The van der Waals surface area contributed by atoms with Crippen LogP contribution in [0.3, 0.4) is 0 Å². The van der Waals surface area contributed by atoms with Gasteiger partial charge in [-0.25, -0.2) is 0 Å². The topological polar surface area (TPSA) is 98.2 Å². The molecule has 0 aliphatic heterocycles. The maximum absolute atomic E-state index is 10.6. The van der Waals surface area contributed by atoms with Crippen LogP contribution in [-0.4, -0.2) is 24.9 Å². The van der Waals surface area contributed by atoms with E-state index >= 15 is 0 Å². The Morgan fingerprint density at radius 2 is 2.00 bits per heavy atom. The fraction of sp³-hybridized carbons (Fsp3) is 0.667. The van der Waals surface area contributed by atoms with Gasteiger partial charge in [-0.1, -0.05) is 0 Å². The second-order valence-electron chi connectivity index (χ2n) is 2.25. The van der Waals surface area contributed by atoms with Gasteiger partial charge in [-0.15, -0.1) is 0 Å². The van der Waals surface area contributed by atoms with Crippen LogP contribution in [-0.2, 0) is 9.59 Å². The van der Waals surface area contributed by atoms with Crippen LogP contribution in [0.15, 0.2) is 0 Å².